The lowest BCUT2D eigenvalue weighted by Crippen LogP contribution is -2.46. The van der Waals surface area contributed by atoms with E-state index >= 15 is 0 Å². The van der Waals surface area contributed by atoms with Gasteiger partial charge >= 0.3 is 0 Å². The second-order valence-electron chi connectivity index (χ2n) is 7.99. The lowest BCUT2D eigenvalue weighted by molar-refractivity contribution is 0.391. The molecule has 1 atom stereocenters. The van der Waals surface area contributed by atoms with Crippen LogP contribution in [0.5, 0.6) is 0 Å². The molecule has 0 saturated heterocycles. The summed E-state index contributed by atoms with van der Waals surface area (Å²) in [5, 5.41) is 11.4. The van der Waals surface area contributed by atoms with Gasteiger partial charge in [-0.3, -0.25) is 4.99 Å². The van der Waals surface area contributed by atoms with Gasteiger partial charge in [0.25, 0.3) is 0 Å². The largest absolute Gasteiger partial charge is 0.370 e. The molecule has 1 unspecified atom stereocenters. The number of hydrogen-bond acceptors (Lipinski definition) is 4. The third-order valence-corrected chi connectivity index (χ3v) is 5.53. The van der Waals surface area contributed by atoms with Gasteiger partial charge in [-0.15, -0.1) is 0 Å². The number of aliphatic imine (C=N–C) groups is 1. The summed E-state index contributed by atoms with van der Waals surface area (Å²) in [4.78, 5) is 11.0. The third-order valence-electron chi connectivity index (χ3n) is 5.53. The number of hydrogen-bond donors (Lipinski definition) is 2. The molecular formula is C22H34FN7. The number of nitrogens with zero attached hydrogens (tertiary/aromatic N) is 5. The molecule has 2 N–H and O–H groups in total. The topological polar surface area (TPSA) is 70.4 Å². The van der Waals surface area contributed by atoms with Crippen LogP contribution in [0.2, 0.25) is 0 Å². The van der Waals surface area contributed by atoms with Crippen LogP contribution in [0.1, 0.15) is 57.2 Å². The zero-order valence-corrected chi connectivity index (χ0v) is 18.7. The highest BCUT2D eigenvalue weighted by Crippen LogP contribution is 2.20. The number of nitrogens with one attached hydrogen (secondary N) is 2. The summed E-state index contributed by atoms with van der Waals surface area (Å²) in [6.07, 6.45) is 1.87. The molecule has 2 heterocycles. The van der Waals surface area contributed by atoms with E-state index in [0.29, 0.717) is 24.1 Å². The van der Waals surface area contributed by atoms with Crippen LogP contribution in [-0.4, -0.2) is 46.9 Å². The van der Waals surface area contributed by atoms with Crippen LogP contribution in [-0.2, 0) is 19.5 Å². The molecule has 1 aliphatic rings. The molecule has 0 bridgehead atoms. The monoisotopic (exact) mass is 415 g/mol. The first-order valence-electron chi connectivity index (χ1n) is 10.9. The molecule has 0 amide bonds. The quantitative estimate of drug-likeness (QED) is 0.537. The van der Waals surface area contributed by atoms with Gasteiger partial charge in [0.15, 0.2) is 11.8 Å². The molecule has 0 radical (unpaired) electrons. The highest BCUT2D eigenvalue weighted by atomic mass is 19.1. The van der Waals surface area contributed by atoms with Crippen LogP contribution in [0, 0.1) is 5.82 Å². The lowest BCUT2D eigenvalue weighted by Gasteiger charge is -2.25. The van der Waals surface area contributed by atoms with Crippen LogP contribution >= 0.6 is 0 Å². The minimum absolute atomic E-state index is 0.187. The standard InChI is InChI=1S/C22H34FN7/c1-6-29(7-2)19-10-8-16(12-18(19)23)13-25-22(24-5)26-17-9-11-20-27-21(15(3)4)28-30(20)14-17/h8,10,12,15,17H,6-7,9,11,13-14H2,1-5H3,(H2,24,25,26). The summed E-state index contributed by atoms with van der Waals surface area (Å²) in [5.41, 5.74) is 1.54. The summed E-state index contributed by atoms with van der Waals surface area (Å²) in [6, 6.07) is 5.65. The van der Waals surface area contributed by atoms with Crippen molar-refractivity contribution >= 4 is 11.6 Å². The van der Waals surface area contributed by atoms with Crippen LogP contribution in [0.4, 0.5) is 10.1 Å². The van der Waals surface area contributed by atoms with Crippen molar-refractivity contribution in [3.8, 4) is 0 Å². The maximum absolute atomic E-state index is 14.5. The van der Waals surface area contributed by atoms with E-state index in [9.17, 15) is 4.39 Å². The average molecular weight is 416 g/mol. The normalized spacial score (nSPS) is 16.5. The van der Waals surface area contributed by atoms with Crippen molar-refractivity contribution in [2.24, 2.45) is 4.99 Å². The van der Waals surface area contributed by atoms with Crippen molar-refractivity contribution in [2.45, 2.75) is 65.6 Å². The first-order valence-corrected chi connectivity index (χ1v) is 10.9. The Morgan fingerprint density at radius 2 is 2.10 bits per heavy atom. The summed E-state index contributed by atoms with van der Waals surface area (Å²) >= 11 is 0. The molecule has 2 aromatic rings. The fourth-order valence-corrected chi connectivity index (χ4v) is 3.75. The van der Waals surface area contributed by atoms with Crippen molar-refractivity contribution in [2.75, 3.05) is 25.0 Å². The Balaban J connectivity index is 1.57. The molecule has 8 heteroatoms. The first-order chi connectivity index (χ1) is 14.4. The van der Waals surface area contributed by atoms with E-state index < -0.39 is 0 Å². The van der Waals surface area contributed by atoms with Gasteiger partial charge in [0.2, 0.25) is 0 Å². The van der Waals surface area contributed by atoms with Crippen molar-refractivity contribution < 1.29 is 4.39 Å². The Morgan fingerprint density at radius 3 is 2.73 bits per heavy atom. The molecule has 1 aromatic carbocycles. The number of benzene rings is 1. The lowest BCUT2D eigenvalue weighted by atomic mass is 10.1. The summed E-state index contributed by atoms with van der Waals surface area (Å²) in [5.74, 6) is 2.82. The predicted molar refractivity (Wildman–Crippen MR) is 120 cm³/mol. The van der Waals surface area contributed by atoms with Gasteiger partial charge in [-0.25, -0.2) is 14.1 Å². The van der Waals surface area contributed by atoms with Gasteiger partial charge < -0.3 is 15.5 Å². The fraction of sp³-hybridized carbons (Fsp3) is 0.591. The Kier molecular flexibility index (Phi) is 7.29. The predicted octanol–water partition coefficient (Wildman–Crippen LogP) is 3.07. The molecule has 0 saturated carbocycles. The maximum atomic E-state index is 14.5. The van der Waals surface area contributed by atoms with E-state index in [2.05, 4.69) is 39.6 Å². The van der Waals surface area contributed by atoms with Crippen LogP contribution in [0.25, 0.3) is 0 Å². The van der Waals surface area contributed by atoms with E-state index in [4.69, 9.17) is 0 Å². The molecule has 1 aliphatic heterocycles. The number of fused-ring (bicyclic) bond motifs is 1. The average Bonchev–Trinajstić information content (AvgIpc) is 3.17. The number of aromatic nitrogens is 3. The van der Waals surface area contributed by atoms with Gasteiger partial charge in [-0.1, -0.05) is 19.9 Å². The van der Waals surface area contributed by atoms with Gasteiger partial charge in [0, 0.05) is 45.1 Å². The van der Waals surface area contributed by atoms with Crippen LogP contribution < -0.4 is 15.5 Å². The first kappa shape index (κ1) is 22.1. The Hall–Kier alpha value is -2.64. The molecular weight excluding hydrogens is 381 g/mol. The van der Waals surface area contributed by atoms with Crippen molar-refractivity contribution in [1.82, 2.24) is 25.4 Å². The zero-order chi connectivity index (χ0) is 21.7. The van der Waals surface area contributed by atoms with Gasteiger partial charge in [-0.05, 0) is 38.0 Å². The van der Waals surface area contributed by atoms with Crippen molar-refractivity contribution in [3.63, 3.8) is 0 Å². The number of rotatable bonds is 7. The van der Waals surface area contributed by atoms with Crippen molar-refractivity contribution in [1.29, 1.82) is 0 Å². The van der Waals surface area contributed by atoms with Crippen molar-refractivity contribution in [3.05, 3.63) is 41.2 Å². The minimum Gasteiger partial charge on any atom is -0.370 e. The number of aryl methyl sites for hydroxylation is 1. The third kappa shape index (κ3) is 5.09. The summed E-state index contributed by atoms with van der Waals surface area (Å²) in [7, 11) is 1.75. The highest BCUT2D eigenvalue weighted by Gasteiger charge is 2.23. The van der Waals surface area contributed by atoms with E-state index in [1.54, 1.807) is 13.1 Å². The molecule has 3 rings (SSSR count). The molecule has 0 aliphatic carbocycles. The molecule has 30 heavy (non-hydrogen) atoms. The SMILES string of the molecule is CCN(CC)c1ccc(CNC(=NC)NC2CCc3nc(C(C)C)nn3C2)cc1F. The Bertz CT molecular complexity index is 870. The Morgan fingerprint density at radius 1 is 1.33 bits per heavy atom. The number of halogens is 1. The molecule has 7 nitrogen and oxygen atoms in total. The highest BCUT2D eigenvalue weighted by molar-refractivity contribution is 5.80. The fourth-order valence-electron chi connectivity index (χ4n) is 3.75. The molecule has 1 aromatic heterocycles. The van der Waals surface area contributed by atoms with E-state index in [-0.39, 0.29) is 11.9 Å². The molecule has 0 fully saturated rings. The van der Waals surface area contributed by atoms with Gasteiger partial charge in [0.05, 0.1) is 12.2 Å². The Labute approximate surface area is 178 Å². The summed E-state index contributed by atoms with van der Waals surface area (Å²) < 4.78 is 16.5. The molecule has 0 spiro atoms. The van der Waals surface area contributed by atoms with Crippen LogP contribution in [0.15, 0.2) is 23.2 Å². The van der Waals surface area contributed by atoms with Crippen LogP contribution in [0.3, 0.4) is 0 Å². The summed E-state index contributed by atoms with van der Waals surface area (Å²) in [6.45, 7) is 11.1. The van der Waals surface area contributed by atoms with Gasteiger partial charge in [-0.2, -0.15) is 5.10 Å². The zero-order valence-electron chi connectivity index (χ0n) is 18.7. The second-order valence-corrected chi connectivity index (χ2v) is 7.99. The van der Waals surface area contributed by atoms with Gasteiger partial charge in [0.1, 0.15) is 11.6 Å². The maximum Gasteiger partial charge on any atom is 0.191 e. The van der Waals surface area contributed by atoms with E-state index in [1.807, 2.05) is 35.6 Å². The molecule has 164 valence electrons. The van der Waals surface area contributed by atoms with E-state index in [1.165, 1.54) is 0 Å². The number of guanidine groups is 1. The second kappa shape index (κ2) is 9.91. The minimum atomic E-state index is -0.187. The van der Waals surface area contributed by atoms with E-state index in [0.717, 1.165) is 49.7 Å². The number of anilines is 1. The smallest absolute Gasteiger partial charge is 0.191 e.